The number of amides is 2. The molecule has 2 N–H and O–H groups in total. The number of carbonyl (C=O) groups excluding carboxylic acids is 1. The fraction of sp³-hybridized carbons (Fsp3) is 0.562. The molecule has 1 aromatic carbocycles. The summed E-state index contributed by atoms with van der Waals surface area (Å²) in [7, 11) is 0.286. The highest BCUT2D eigenvalue weighted by Gasteiger charge is 2.36. The summed E-state index contributed by atoms with van der Waals surface area (Å²) >= 11 is 0. The van der Waals surface area contributed by atoms with E-state index in [9.17, 15) is 13.4 Å². The van der Waals surface area contributed by atoms with Gasteiger partial charge in [0.15, 0.2) is 0 Å². The molecule has 0 saturated heterocycles. The van der Waals surface area contributed by atoms with Crippen LogP contribution in [0.4, 0.5) is 14.9 Å². The topological polar surface area (TPSA) is 67.4 Å². The third kappa shape index (κ3) is 4.75. The minimum Gasteiger partial charge on any atom is -0.385 e. The van der Waals surface area contributed by atoms with Gasteiger partial charge in [0.2, 0.25) is 0 Å². The van der Waals surface area contributed by atoms with Crippen molar-refractivity contribution in [3.8, 4) is 0 Å². The zero-order valence-corrected chi connectivity index (χ0v) is 14.3. The lowest BCUT2D eigenvalue weighted by Crippen LogP contribution is -2.44. The lowest BCUT2D eigenvalue weighted by molar-refractivity contribution is 0.0717. The molecule has 0 bridgehead atoms. The van der Waals surface area contributed by atoms with Crippen LogP contribution in [0.3, 0.4) is 0 Å². The molecule has 5 nitrogen and oxygen atoms in total. The first-order chi connectivity index (χ1) is 11.0. The number of urea groups is 1. The second-order valence-electron chi connectivity index (χ2n) is 6.00. The van der Waals surface area contributed by atoms with E-state index in [0.29, 0.717) is 18.8 Å². The molecule has 23 heavy (non-hydrogen) atoms. The molecule has 7 heteroatoms. The maximum absolute atomic E-state index is 13.8. The molecule has 0 radical (unpaired) electrons. The van der Waals surface area contributed by atoms with Gasteiger partial charge in [0, 0.05) is 32.2 Å². The molecule has 1 fully saturated rings. The summed E-state index contributed by atoms with van der Waals surface area (Å²) < 4.78 is 30.2. The highest BCUT2D eigenvalue weighted by molar-refractivity contribution is 7.84. The molecular formula is C16H23FN2O3S. The highest BCUT2D eigenvalue weighted by Crippen LogP contribution is 2.43. The van der Waals surface area contributed by atoms with Crippen molar-refractivity contribution in [3.05, 3.63) is 24.0 Å². The monoisotopic (exact) mass is 342 g/mol. The Balaban J connectivity index is 1.87. The number of anilines is 1. The Labute approximate surface area is 138 Å². The molecule has 0 heterocycles. The van der Waals surface area contributed by atoms with Crippen LogP contribution >= 0.6 is 0 Å². The van der Waals surface area contributed by atoms with Crippen molar-refractivity contribution in [1.29, 1.82) is 0 Å². The van der Waals surface area contributed by atoms with E-state index >= 15 is 0 Å². The number of nitrogens with one attached hydrogen (secondary N) is 2. The van der Waals surface area contributed by atoms with Gasteiger partial charge in [0.05, 0.1) is 15.7 Å². The van der Waals surface area contributed by atoms with Crippen molar-refractivity contribution < 1.29 is 18.1 Å². The van der Waals surface area contributed by atoms with Crippen LogP contribution in [0.1, 0.15) is 25.7 Å². The van der Waals surface area contributed by atoms with Crippen molar-refractivity contribution in [3.63, 3.8) is 0 Å². The molecule has 1 aliphatic carbocycles. The van der Waals surface area contributed by atoms with Crippen LogP contribution in [0.2, 0.25) is 0 Å². The number of halogens is 1. The molecule has 1 atom stereocenters. The molecule has 0 aromatic heterocycles. The molecule has 1 aromatic rings. The zero-order valence-electron chi connectivity index (χ0n) is 13.5. The van der Waals surface area contributed by atoms with Crippen molar-refractivity contribution >= 4 is 22.5 Å². The van der Waals surface area contributed by atoms with Crippen LogP contribution in [0, 0.1) is 11.2 Å². The molecular weight excluding hydrogens is 319 g/mol. The maximum atomic E-state index is 13.8. The van der Waals surface area contributed by atoms with Gasteiger partial charge in [0.1, 0.15) is 5.82 Å². The van der Waals surface area contributed by atoms with Gasteiger partial charge in [-0.15, -0.1) is 0 Å². The van der Waals surface area contributed by atoms with Crippen LogP contribution in [-0.2, 0) is 15.5 Å². The Hall–Kier alpha value is -1.47. The molecule has 1 aliphatic rings. The second kappa shape index (κ2) is 7.88. The molecule has 2 rings (SSSR count). The number of benzene rings is 1. The number of rotatable bonds is 7. The smallest absolute Gasteiger partial charge is 0.319 e. The van der Waals surface area contributed by atoms with Crippen LogP contribution in [0.25, 0.3) is 0 Å². The zero-order chi connectivity index (χ0) is 16.9. The fourth-order valence-corrected chi connectivity index (χ4v) is 3.36. The molecule has 0 spiro atoms. The summed E-state index contributed by atoms with van der Waals surface area (Å²) in [6.07, 6.45) is 5.68. The predicted octanol–water partition coefficient (Wildman–Crippen LogP) is 2.89. The second-order valence-corrected chi connectivity index (χ2v) is 7.35. The van der Waals surface area contributed by atoms with Crippen LogP contribution in [0.15, 0.2) is 23.1 Å². The minimum absolute atomic E-state index is 0.127. The van der Waals surface area contributed by atoms with E-state index in [1.165, 1.54) is 24.8 Å². The molecule has 1 saturated carbocycles. The highest BCUT2D eigenvalue weighted by atomic mass is 32.2. The van der Waals surface area contributed by atoms with Gasteiger partial charge in [-0.05, 0) is 42.9 Å². The Morgan fingerprint density at radius 2 is 2.17 bits per heavy atom. The van der Waals surface area contributed by atoms with Gasteiger partial charge < -0.3 is 15.4 Å². The van der Waals surface area contributed by atoms with E-state index in [2.05, 4.69) is 10.6 Å². The number of carbonyl (C=O) groups is 1. The van der Waals surface area contributed by atoms with E-state index in [4.69, 9.17) is 4.74 Å². The summed E-state index contributed by atoms with van der Waals surface area (Å²) in [5.74, 6) is -0.584. The van der Waals surface area contributed by atoms with Crippen molar-refractivity contribution in [2.75, 3.05) is 31.8 Å². The quantitative estimate of drug-likeness (QED) is 0.801. The summed E-state index contributed by atoms with van der Waals surface area (Å²) in [5, 5.41) is 5.46. The van der Waals surface area contributed by atoms with Crippen LogP contribution < -0.4 is 10.6 Å². The van der Waals surface area contributed by atoms with Crippen molar-refractivity contribution in [1.82, 2.24) is 5.32 Å². The normalized spacial score (nSPS) is 17.2. The van der Waals surface area contributed by atoms with Gasteiger partial charge in [0.25, 0.3) is 0 Å². The average Bonchev–Trinajstić information content (AvgIpc) is 2.45. The molecule has 2 amide bonds. The largest absolute Gasteiger partial charge is 0.385 e. The van der Waals surface area contributed by atoms with Gasteiger partial charge in [-0.25, -0.2) is 9.18 Å². The number of ether oxygens (including phenoxy) is 1. The van der Waals surface area contributed by atoms with Gasteiger partial charge in [-0.3, -0.25) is 4.21 Å². The minimum atomic E-state index is -1.39. The summed E-state index contributed by atoms with van der Waals surface area (Å²) in [4.78, 5) is 12.1. The standard InChI is InChI=1S/C16H23FN2O3S/c1-22-9-8-16(6-3-7-16)11-18-15(20)19-12-4-5-14(23(2)21)13(17)10-12/h4-5,10H,3,6-9,11H2,1-2H3,(H2,18,19,20)/t23-/m0/s1. The van der Waals surface area contributed by atoms with E-state index in [0.717, 1.165) is 19.3 Å². The van der Waals surface area contributed by atoms with Gasteiger partial charge in [-0.2, -0.15) is 0 Å². The lowest BCUT2D eigenvalue weighted by Gasteiger charge is -2.42. The Morgan fingerprint density at radius 3 is 2.70 bits per heavy atom. The van der Waals surface area contributed by atoms with E-state index in [1.807, 2.05) is 0 Å². The van der Waals surface area contributed by atoms with E-state index in [1.54, 1.807) is 13.2 Å². The van der Waals surface area contributed by atoms with Crippen LogP contribution in [-0.4, -0.2) is 36.8 Å². The SMILES string of the molecule is COCCC1(CNC(=O)Nc2ccc([S@](C)=O)c(F)c2)CCC1. The Bertz CT molecular complexity index is 591. The third-order valence-electron chi connectivity index (χ3n) is 4.37. The van der Waals surface area contributed by atoms with Gasteiger partial charge >= 0.3 is 6.03 Å². The fourth-order valence-electron chi connectivity index (χ4n) is 2.77. The summed E-state index contributed by atoms with van der Waals surface area (Å²) in [6.45, 7) is 1.27. The summed E-state index contributed by atoms with van der Waals surface area (Å²) in [5.41, 5.74) is 0.468. The third-order valence-corrected chi connectivity index (χ3v) is 5.32. The summed E-state index contributed by atoms with van der Waals surface area (Å²) in [6, 6.07) is 3.79. The van der Waals surface area contributed by atoms with Gasteiger partial charge in [-0.1, -0.05) is 6.42 Å². The predicted molar refractivity (Wildman–Crippen MR) is 88.5 cm³/mol. The van der Waals surface area contributed by atoms with E-state index < -0.39 is 16.6 Å². The molecule has 0 aliphatic heterocycles. The number of methoxy groups -OCH3 is 1. The molecule has 128 valence electrons. The first-order valence-corrected chi connectivity index (χ1v) is 9.18. The number of hydrogen-bond donors (Lipinski definition) is 2. The van der Waals surface area contributed by atoms with Crippen LogP contribution in [0.5, 0.6) is 0 Å². The number of hydrogen-bond acceptors (Lipinski definition) is 3. The average molecular weight is 342 g/mol. The lowest BCUT2D eigenvalue weighted by atomic mass is 9.67. The Kier molecular flexibility index (Phi) is 6.12. The first kappa shape index (κ1) is 17.9. The Morgan fingerprint density at radius 1 is 1.43 bits per heavy atom. The van der Waals surface area contributed by atoms with E-state index in [-0.39, 0.29) is 16.3 Å². The van der Waals surface area contributed by atoms with Crippen molar-refractivity contribution in [2.45, 2.75) is 30.6 Å². The van der Waals surface area contributed by atoms with Crippen molar-refractivity contribution in [2.24, 2.45) is 5.41 Å². The molecule has 0 unspecified atom stereocenters. The maximum Gasteiger partial charge on any atom is 0.319 e. The first-order valence-electron chi connectivity index (χ1n) is 7.62.